The molecular weight excluding hydrogens is 472 g/mol. The summed E-state index contributed by atoms with van der Waals surface area (Å²) < 4.78 is 8.61. The van der Waals surface area contributed by atoms with Crippen LogP contribution in [0.25, 0.3) is 21.8 Å². The minimum Gasteiger partial charge on any atom is -0.490 e. The Labute approximate surface area is 223 Å². The molecule has 0 fully saturated rings. The van der Waals surface area contributed by atoms with Crippen molar-refractivity contribution < 1.29 is 9.84 Å². The van der Waals surface area contributed by atoms with Gasteiger partial charge >= 0.3 is 0 Å². The Morgan fingerprint density at radius 1 is 0.868 bits per heavy atom. The molecular formula is C32H34N4O2. The maximum atomic E-state index is 11.1. The highest BCUT2D eigenvalue weighted by molar-refractivity contribution is 6.11. The number of ether oxygens (including phenoxy) is 1. The van der Waals surface area contributed by atoms with Crippen molar-refractivity contribution in [2.45, 2.75) is 39.6 Å². The van der Waals surface area contributed by atoms with Gasteiger partial charge in [-0.2, -0.15) is 0 Å². The van der Waals surface area contributed by atoms with E-state index in [4.69, 9.17) is 4.74 Å². The highest BCUT2D eigenvalue weighted by atomic mass is 16.5. The minimum atomic E-state index is -0.684. The third-order valence-electron chi connectivity index (χ3n) is 6.56. The van der Waals surface area contributed by atoms with Gasteiger partial charge in [-0.15, -0.1) is 0 Å². The molecule has 6 heteroatoms. The van der Waals surface area contributed by atoms with Gasteiger partial charge < -0.3 is 14.4 Å². The number of aliphatic hydroxyl groups is 1. The molecule has 0 amide bonds. The fourth-order valence-corrected chi connectivity index (χ4v) is 4.82. The number of fused-ring (bicyclic) bond motifs is 3. The molecule has 6 nitrogen and oxygen atoms in total. The van der Waals surface area contributed by atoms with Crippen molar-refractivity contribution in [1.29, 1.82) is 0 Å². The van der Waals surface area contributed by atoms with Crippen LogP contribution in [0.4, 0.5) is 0 Å². The van der Waals surface area contributed by atoms with Crippen molar-refractivity contribution in [3.63, 3.8) is 0 Å². The van der Waals surface area contributed by atoms with Crippen LogP contribution < -0.4 is 4.74 Å². The largest absolute Gasteiger partial charge is 0.490 e. The zero-order valence-electron chi connectivity index (χ0n) is 22.0. The second kappa shape index (κ2) is 12.0. The molecule has 5 aromatic rings. The summed E-state index contributed by atoms with van der Waals surface area (Å²) in [7, 11) is 0. The van der Waals surface area contributed by atoms with Crippen LogP contribution in [0.3, 0.4) is 0 Å². The van der Waals surface area contributed by atoms with Crippen molar-refractivity contribution in [1.82, 2.24) is 19.4 Å². The number of para-hydroxylation sites is 1. The molecule has 0 spiro atoms. The molecule has 1 atom stereocenters. The summed E-state index contributed by atoms with van der Waals surface area (Å²) >= 11 is 0. The molecule has 3 aromatic heterocycles. The van der Waals surface area contributed by atoms with E-state index in [1.165, 1.54) is 11.1 Å². The van der Waals surface area contributed by atoms with Gasteiger partial charge in [0, 0.05) is 54.9 Å². The van der Waals surface area contributed by atoms with E-state index in [0.29, 0.717) is 19.6 Å². The zero-order valence-corrected chi connectivity index (χ0v) is 22.0. The Morgan fingerprint density at radius 3 is 2.18 bits per heavy atom. The molecule has 0 aliphatic heterocycles. The molecule has 0 radical (unpaired) electrons. The molecule has 1 N–H and O–H groups in total. The molecule has 38 heavy (non-hydrogen) atoms. The van der Waals surface area contributed by atoms with Crippen molar-refractivity contribution in [3.05, 3.63) is 114 Å². The van der Waals surface area contributed by atoms with Crippen molar-refractivity contribution in [2.75, 3.05) is 13.2 Å². The molecule has 3 heterocycles. The summed E-state index contributed by atoms with van der Waals surface area (Å²) in [6, 6.07) is 26.4. The lowest BCUT2D eigenvalue weighted by molar-refractivity contribution is 0.0625. The van der Waals surface area contributed by atoms with Crippen molar-refractivity contribution in [2.24, 2.45) is 0 Å². The van der Waals surface area contributed by atoms with Gasteiger partial charge in [0.05, 0.1) is 16.9 Å². The maximum Gasteiger partial charge on any atom is 0.129 e. The van der Waals surface area contributed by atoms with Crippen LogP contribution in [0.1, 0.15) is 25.2 Å². The molecule has 0 aliphatic rings. The molecule has 0 aliphatic carbocycles. The molecule has 0 saturated heterocycles. The summed E-state index contributed by atoms with van der Waals surface area (Å²) in [5.74, 6) is 0.787. The van der Waals surface area contributed by atoms with Gasteiger partial charge in [0.15, 0.2) is 0 Å². The third-order valence-corrected chi connectivity index (χ3v) is 6.56. The first-order chi connectivity index (χ1) is 18.6. The number of aliphatic hydroxyl groups excluding tert-OH is 1. The molecule has 0 bridgehead atoms. The number of aromatic nitrogens is 3. The monoisotopic (exact) mass is 506 g/mol. The number of rotatable bonds is 11. The minimum absolute atomic E-state index is 0.188. The zero-order chi connectivity index (χ0) is 26.3. The van der Waals surface area contributed by atoms with Gasteiger partial charge in [0.2, 0.25) is 0 Å². The number of hydrogen-bond donors (Lipinski definition) is 1. The van der Waals surface area contributed by atoms with E-state index in [-0.39, 0.29) is 6.61 Å². The van der Waals surface area contributed by atoms with Gasteiger partial charge in [-0.25, -0.2) is 0 Å². The summed E-state index contributed by atoms with van der Waals surface area (Å²) in [5, 5.41) is 13.3. The van der Waals surface area contributed by atoms with Crippen LogP contribution in [0.15, 0.2) is 103 Å². The summed E-state index contributed by atoms with van der Waals surface area (Å²) in [6.45, 7) is 6.89. The average molecular weight is 507 g/mol. The molecule has 194 valence electrons. The fourth-order valence-electron chi connectivity index (χ4n) is 4.82. The number of hydrogen-bond acceptors (Lipinski definition) is 5. The van der Waals surface area contributed by atoms with E-state index in [1.54, 1.807) is 12.4 Å². The van der Waals surface area contributed by atoms with Gasteiger partial charge in [-0.05, 0) is 56.3 Å². The lowest BCUT2D eigenvalue weighted by atomic mass is 10.1. The van der Waals surface area contributed by atoms with Gasteiger partial charge in [0.25, 0.3) is 0 Å². The Bertz CT molecular complexity index is 1470. The van der Waals surface area contributed by atoms with Crippen LogP contribution in [0.5, 0.6) is 5.75 Å². The maximum absolute atomic E-state index is 11.1. The van der Waals surface area contributed by atoms with Crippen LogP contribution in [0.2, 0.25) is 0 Å². The number of nitrogens with zero attached hydrogens (tertiary/aromatic N) is 4. The van der Waals surface area contributed by atoms with Gasteiger partial charge in [0.1, 0.15) is 18.5 Å². The quantitative estimate of drug-likeness (QED) is 0.223. The fraction of sp³-hybridized carbons (Fsp3) is 0.250. The first-order valence-electron chi connectivity index (χ1n) is 13.0. The number of pyridine rings is 2. The lowest BCUT2D eigenvalue weighted by Gasteiger charge is -2.24. The van der Waals surface area contributed by atoms with E-state index >= 15 is 0 Å². The second-order valence-electron chi connectivity index (χ2n) is 9.84. The second-order valence-corrected chi connectivity index (χ2v) is 9.84. The van der Waals surface area contributed by atoms with Crippen LogP contribution in [-0.2, 0) is 19.6 Å². The average Bonchev–Trinajstić information content (AvgIpc) is 3.26. The summed E-state index contributed by atoms with van der Waals surface area (Å²) in [6.07, 6.45) is 5.14. The number of allylic oxidation sites excluding steroid dienone is 2. The predicted molar refractivity (Wildman–Crippen MR) is 153 cm³/mol. The van der Waals surface area contributed by atoms with E-state index in [9.17, 15) is 5.11 Å². The molecule has 1 unspecified atom stereocenters. The summed E-state index contributed by atoms with van der Waals surface area (Å²) in [4.78, 5) is 11.1. The third kappa shape index (κ3) is 6.10. The normalized spacial score (nSPS) is 12.2. The number of benzene rings is 2. The van der Waals surface area contributed by atoms with Crippen molar-refractivity contribution in [3.8, 4) is 5.75 Å². The van der Waals surface area contributed by atoms with E-state index < -0.39 is 6.10 Å². The Balaban J connectivity index is 1.35. The summed E-state index contributed by atoms with van der Waals surface area (Å²) in [5.41, 5.74) is 5.49. The highest BCUT2D eigenvalue weighted by Gasteiger charge is 2.18. The molecule has 2 aromatic carbocycles. The predicted octanol–water partition coefficient (Wildman–Crippen LogP) is 5.99. The van der Waals surface area contributed by atoms with Crippen LogP contribution >= 0.6 is 0 Å². The van der Waals surface area contributed by atoms with Crippen LogP contribution in [-0.4, -0.2) is 43.8 Å². The molecule has 5 rings (SSSR count). The Kier molecular flexibility index (Phi) is 8.12. The van der Waals surface area contributed by atoms with Crippen LogP contribution in [0, 0.1) is 0 Å². The van der Waals surface area contributed by atoms with E-state index in [2.05, 4.69) is 69.7 Å². The Morgan fingerprint density at radius 2 is 1.53 bits per heavy atom. The smallest absolute Gasteiger partial charge is 0.129 e. The van der Waals surface area contributed by atoms with Gasteiger partial charge in [-0.1, -0.05) is 48.0 Å². The van der Waals surface area contributed by atoms with E-state index in [1.807, 2.05) is 48.5 Å². The standard InChI is InChI=1S/C32H34N4O2/c1-24(2)16-19-36-29-13-4-3-12-28(29)32-30(36)14-9-15-31(32)38-23-27(37)22-35(20-25-10-5-7-17-33-25)21-26-11-6-8-18-34-26/h3-18,27,37H,19-23H2,1-2H3. The Hall–Kier alpha value is -4.00. The van der Waals surface area contributed by atoms with Gasteiger partial charge in [-0.3, -0.25) is 14.9 Å². The first kappa shape index (κ1) is 25.6. The molecule has 0 saturated carbocycles. The van der Waals surface area contributed by atoms with E-state index in [0.717, 1.165) is 40.0 Å². The first-order valence-corrected chi connectivity index (χ1v) is 13.0. The SMILES string of the molecule is CC(C)=CCn1c2ccccc2c2c(OCC(O)CN(Cc3ccccn3)Cc3ccccn3)cccc21. The topological polar surface area (TPSA) is 63.4 Å². The highest BCUT2D eigenvalue weighted by Crippen LogP contribution is 2.35. The lowest BCUT2D eigenvalue weighted by Crippen LogP contribution is -2.35. The van der Waals surface area contributed by atoms with Crippen molar-refractivity contribution >= 4 is 21.8 Å².